The fourth-order valence-electron chi connectivity index (χ4n) is 3.14. The van der Waals surface area contributed by atoms with Crippen LogP contribution in [-0.2, 0) is 14.4 Å². The summed E-state index contributed by atoms with van der Waals surface area (Å²) in [7, 11) is 1.53. The van der Waals surface area contributed by atoms with Crippen molar-refractivity contribution in [2.45, 2.75) is 12.8 Å². The first-order valence-electron chi connectivity index (χ1n) is 5.82. The summed E-state index contributed by atoms with van der Waals surface area (Å²) < 4.78 is 0. The minimum Gasteiger partial charge on any atom is -0.295 e. The summed E-state index contributed by atoms with van der Waals surface area (Å²) in [6.07, 6.45) is 6.33. The van der Waals surface area contributed by atoms with Crippen molar-refractivity contribution >= 4 is 17.6 Å². The van der Waals surface area contributed by atoms with Gasteiger partial charge in [0.25, 0.3) is 0 Å². The van der Waals surface area contributed by atoms with Crippen molar-refractivity contribution < 1.29 is 14.4 Å². The Balaban J connectivity index is 2.03. The quantitative estimate of drug-likeness (QED) is 0.576. The molecule has 0 unspecified atom stereocenters. The van der Waals surface area contributed by atoms with E-state index in [1.54, 1.807) is 12.2 Å². The van der Waals surface area contributed by atoms with Gasteiger partial charge in [-0.2, -0.15) is 0 Å². The van der Waals surface area contributed by atoms with Gasteiger partial charge < -0.3 is 0 Å². The Bertz CT molecular complexity index is 489. The highest BCUT2D eigenvalue weighted by Gasteiger charge is 2.51. The molecule has 2 aliphatic carbocycles. The molecule has 1 saturated heterocycles. The molecule has 17 heavy (non-hydrogen) atoms. The average Bonchev–Trinajstić information content (AvgIpc) is 2.54. The maximum atomic E-state index is 12.1. The number of allylic oxidation sites excluding steroid dienone is 4. The van der Waals surface area contributed by atoms with Gasteiger partial charge in [-0.1, -0.05) is 12.2 Å². The van der Waals surface area contributed by atoms with Gasteiger partial charge in [-0.3, -0.25) is 19.3 Å². The Morgan fingerprint density at radius 3 is 2.65 bits per heavy atom. The van der Waals surface area contributed by atoms with E-state index in [9.17, 15) is 14.4 Å². The number of carbonyl (C=O) groups is 3. The van der Waals surface area contributed by atoms with Crippen LogP contribution >= 0.6 is 0 Å². The largest absolute Gasteiger partial charge is 0.295 e. The standard InChI is InChI=1S/C13H13NO3/c1-14-12(16)9-5-3-7-2-4-8(15)6-10(7)11(9)13(14)17/h2-4,9-11H,5-6H2,1H3/t9-,10+,11-/m1/s1. The fraction of sp³-hybridized carbons (Fsp3) is 0.462. The highest BCUT2D eigenvalue weighted by atomic mass is 16.2. The normalized spacial score (nSPS) is 35.8. The first-order valence-corrected chi connectivity index (χ1v) is 5.82. The molecule has 0 aromatic carbocycles. The zero-order valence-electron chi connectivity index (χ0n) is 9.55. The van der Waals surface area contributed by atoms with Gasteiger partial charge in [0.15, 0.2) is 5.78 Å². The molecular formula is C13H13NO3. The maximum absolute atomic E-state index is 12.1. The summed E-state index contributed by atoms with van der Waals surface area (Å²) in [6.45, 7) is 0. The number of ketones is 1. The van der Waals surface area contributed by atoms with Crippen molar-refractivity contribution in [2.24, 2.45) is 17.8 Å². The maximum Gasteiger partial charge on any atom is 0.233 e. The van der Waals surface area contributed by atoms with E-state index in [4.69, 9.17) is 0 Å². The summed E-state index contributed by atoms with van der Waals surface area (Å²) in [4.78, 5) is 36.6. The molecule has 0 radical (unpaired) electrons. The van der Waals surface area contributed by atoms with Crippen molar-refractivity contribution in [1.29, 1.82) is 0 Å². The lowest BCUT2D eigenvalue weighted by Gasteiger charge is -2.31. The fourth-order valence-corrected chi connectivity index (χ4v) is 3.14. The summed E-state index contributed by atoms with van der Waals surface area (Å²) in [6, 6.07) is 0. The molecule has 88 valence electrons. The topological polar surface area (TPSA) is 54.5 Å². The van der Waals surface area contributed by atoms with Crippen molar-refractivity contribution in [3.05, 3.63) is 23.8 Å². The number of fused-ring (bicyclic) bond motifs is 3. The Hall–Kier alpha value is -1.71. The van der Waals surface area contributed by atoms with Crippen LogP contribution in [0.5, 0.6) is 0 Å². The second kappa shape index (κ2) is 3.39. The van der Waals surface area contributed by atoms with Crippen LogP contribution < -0.4 is 0 Å². The van der Waals surface area contributed by atoms with Gasteiger partial charge in [0, 0.05) is 19.4 Å². The molecule has 1 aliphatic heterocycles. The van der Waals surface area contributed by atoms with Gasteiger partial charge in [0.1, 0.15) is 0 Å². The molecule has 0 bridgehead atoms. The van der Waals surface area contributed by atoms with Crippen molar-refractivity contribution in [3.8, 4) is 0 Å². The molecule has 4 heteroatoms. The Kier molecular flexibility index (Phi) is 2.08. The molecule has 4 nitrogen and oxygen atoms in total. The molecule has 1 fully saturated rings. The Morgan fingerprint density at radius 2 is 1.88 bits per heavy atom. The minimum absolute atomic E-state index is 0.0441. The van der Waals surface area contributed by atoms with Gasteiger partial charge in [0.2, 0.25) is 11.8 Å². The molecule has 0 aromatic rings. The number of rotatable bonds is 0. The molecule has 3 aliphatic rings. The van der Waals surface area contributed by atoms with E-state index in [0.29, 0.717) is 12.8 Å². The lowest BCUT2D eigenvalue weighted by Crippen LogP contribution is -2.33. The van der Waals surface area contributed by atoms with Crippen LogP contribution in [0.1, 0.15) is 12.8 Å². The first-order chi connectivity index (χ1) is 8.09. The number of carbonyl (C=O) groups excluding carboxylic acids is 3. The van der Waals surface area contributed by atoms with Crippen LogP contribution in [0.3, 0.4) is 0 Å². The van der Waals surface area contributed by atoms with E-state index in [0.717, 1.165) is 5.57 Å². The van der Waals surface area contributed by atoms with E-state index >= 15 is 0 Å². The molecule has 0 spiro atoms. The highest BCUT2D eigenvalue weighted by Crippen LogP contribution is 2.44. The lowest BCUT2D eigenvalue weighted by molar-refractivity contribution is -0.138. The summed E-state index contributed by atoms with van der Waals surface area (Å²) in [5.74, 6) is -0.840. The van der Waals surface area contributed by atoms with Crippen molar-refractivity contribution in [3.63, 3.8) is 0 Å². The van der Waals surface area contributed by atoms with Gasteiger partial charge >= 0.3 is 0 Å². The second-order valence-electron chi connectivity index (χ2n) is 4.92. The third-order valence-corrected chi connectivity index (χ3v) is 4.05. The number of imide groups is 1. The van der Waals surface area contributed by atoms with Crippen molar-refractivity contribution in [2.75, 3.05) is 7.05 Å². The van der Waals surface area contributed by atoms with Gasteiger partial charge in [-0.15, -0.1) is 0 Å². The summed E-state index contributed by atoms with van der Waals surface area (Å²) in [5, 5.41) is 0. The smallest absolute Gasteiger partial charge is 0.233 e. The molecule has 0 N–H and O–H groups in total. The monoisotopic (exact) mass is 231 g/mol. The van der Waals surface area contributed by atoms with Crippen LogP contribution in [0.15, 0.2) is 23.8 Å². The van der Waals surface area contributed by atoms with E-state index in [1.165, 1.54) is 11.9 Å². The minimum atomic E-state index is -0.318. The molecule has 3 atom stereocenters. The van der Waals surface area contributed by atoms with Crippen LogP contribution in [0, 0.1) is 17.8 Å². The van der Waals surface area contributed by atoms with Gasteiger partial charge in [-0.25, -0.2) is 0 Å². The Labute approximate surface area is 99.0 Å². The third-order valence-electron chi connectivity index (χ3n) is 4.05. The Morgan fingerprint density at radius 1 is 1.12 bits per heavy atom. The highest BCUT2D eigenvalue weighted by molar-refractivity contribution is 6.06. The SMILES string of the molecule is CN1C(=O)[C@@H]2[C@@H](CC=C3C=CC(=O)C[C@@H]32)C1=O. The molecule has 0 saturated carbocycles. The van der Waals surface area contributed by atoms with Crippen LogP contribution in [0.25, 0.3) is 0 Å². The molecule has 3 rings (SSSR count). The van der Waals surface area contributed by atoms with Crippen molar-refractivity contribution in [1.82, 2.24) is 4.90 Å². The van der Waals surface area contributed by atoms with Crippen LogP contribution in [-0.4, -0.2) is 29.5 Å². The van der Waals surface area contributed by atoms with E-state index in [1.807, 2.05) is 6.08 Å². The van der Waals surface area contributed by atoms with Gasteiger partial charge in [-0.05, 0) is 18.1 Å². The zero-order valence-corrected chi connectivity index (χ0v) is 9.55. The number of nitrogens with zero attached hydrogens (tertiary/aromatic N) is 1. The molecule has 1 heterocycles. The van der Waals surface area contributed by atoms with E-state index < -0.39 is 0 Å². The number of likely N-dealkylation sites (tertiary alicyclic amines) is 1. The molecule has 2 amide bonds. The predicted molar refractivity (Wildman–Crippen MR) is 59.7 cm³/mol. The van der Waals surface area contributed by atoms with E-state index in [2.05, 4.69) is 0 Å². The second-order valence-corrected chi connectivity index (χ2v) is 4.92. The summed E-state index contributed by atoms with van der Waals surface area (Å²) >= 11 is 0. The molecular weight excluding hydrogens is 218 g/mol. The van der Waals surface area contributed by atoms with Crippen LogP contribution in [0.4, 0.5) is 0 Å². The predicted octanol–water partition coefficient (Wildman–Crippen LogP) is 0.693. The van der Waals surface area contributed by atoms with E-state index in [-0.39, 0.29) is 35.4 Å². The molecule has 0 aromatic heterocycles. The number of hydrogen-bond acceptors (Lipinski definition) is 3. The average molecular weight is 231 g/mol. The third kappa shape index (κ3) is 1.33. The summed E-state index contributed by atoms with van der Waals surface area (Å²) in [5.41, 5.74) is 1.04. The lowest BCUT2D eigenvalue weighted by atomic mass is 9.69. The van der Waals surface area contributed by atoms with Gasteiger partial charge in [0.05, 0.1) is 11.8 Å². The number of hydrogen-bond donors (Lipinski definition) is 0. The van der Waals surface area contributed by atoms with Crippen LogP contribution in [0.2, 0.25) is 0 Å². The zero-order chi connectivity index (χ0) is 12.2. The number of amides is 2. The first kappa shape index (κ1) is 10.4.